The molecule has 1 fully saturated rings. The van der Waals surface area contributed by atoms with Gasteiger partial charge in [0.2, 0.25) is 5.91 Å². The minimum absolute atomic E-state index is 0.00762. The molecule has 2 unspecified atom stereocenters. The van der Waals surface area contributed by atoms with Gasteiger partial charge in [0.15, 0.2) is 0 Å². The van der Waals surface area contributed by atoms with Crippen LogP contribution < -0.4 is 10.1 Å². The average molecular weight is 291 g/mol. The molecule has 1 aromatic carbocycles. The van der Waals surface area contributed by atoms with E-state index in [2.05, 4.69) is 5.32 Å². The third-order valence-corrected chi connectivity index (χ3v) is 4.52. The van der Waals surface area contributed by atoms with Gasteiger partial charge in [-0.3, -0.25) is 4.79 Å². The summed E-state index contributed by atoms with van der Waals surface area (Å²) >= 11 is 0. The van der Waals surface area contributed by atoms with E-state index < -0.39 is 5.41 Å². The second-order valence-electron chi connectivity index (χ2n) is 6.32. The van der Waals surface area contributed by atoms with E-state index in [-0.39, 0.29) is 17.9 Å². The fourth-order valence-corrected chi connectivity index (χ4v) is 2.84. The normalized spacial score (nSPS) is 22.1. The summed E-state index contributed by atoms with van der Waals surface area (Å²) < 4.78 is 5.14. The van der Waals surface area contributed by atoms with Crippen LogP contribution in [0, 0.1) is 5.92 Å². The molecule has 1 aromatic rings. The van der Waals surface area contributed by atoms with Gasteiger partial charge in [0.1, 0.15) is 5.75 Å². The number of nitrogens with one attached hydrogen (secondary N) is 1. The number of hydrogen-bond donors (Lipinski definition) is 2. The van der Waals surface area contributed by atoms with Gasteiger partial charge in [-0.1, -0.05) is 18.6 Å². The largest absolute Gasteiger partial charge is 0.497 e. The van der Waals surface area contributed by atoms with Gasteiger partial charge in [0, 0.05) is 12.5 Å². The zero-order valence-corrected chi connectivity index (χ0v) is 13.1. The minimum Gasteiger partial charge on any atom is -0.497 e. The van der Waals surface area contributed by atoms with E-state index in [0.717, 1.165) is 30.6 Å². The van der Waals surface area contributed by atoms with Crippen molar-refractivity contribution in [2.24, 2.45) is 5.92 Å². The first-order valence-electron chi connectivity index (χ1n) is 7.56. The van der Waals surface area contributed by atoms with Crippen molar-refractivity contribution in [1.82, 2.24) is 5.32 Å². The summed E-state index contributed by atoms with van der Waals surface area (Å²) in [7, 11) is 1.62. The predicted molar refractivity (Wildman–Crippen MR) is 82.4 cm³/mol. The van der Waals surface area contributed by atoms with E-state index in [0.29, 0.717) is 6.54 Å². The van der Waals surface area contributed by atoms with Gasteiger partial charge >= 0.3 is 0 Å². The average Bonchev–Trinajstić information content (AvgIpc) is 2.90. The van der Waals surface area contributed by atoms with Crippen LogP contribution in [0.25, 0.3) is 0 Å². The highest BCUT2D eigenvalue weighted by atomic mass is 16.5. The lowest BCUT2D eigenvalue weighted by atomic mass is 9.83. The molecule has 21 heavy (non-hydrogen) atoms. The maximum atomic E-state index is 12.5. The Balaban J connectivity index is 1.98. The first kappa shape index (κ1) is 15.8. The van der Waals surface area contributed by atoms with E-state index in [4.69, 9.17) is 4.74 Å². The molecule has 2 N–H and O–H groups in total. The molecule has 0 heterocycles. The van der Waals surface area contributed by atoms with Crippen LogP contribution in [0.2, 0.25) is 0 Å². The third kappa shape index (κ3) is 3.56. The molecule has 2 atom stereocenters. The minimum atomic E-state index is -0.601. The highest BCUT2D eigenvalue weighted by Crippen LogP contribution is 2.27. The van der Waals surface area contributed by atoms with Crippen molar-refractivity contribution in [2.75, 3.05) is 13.7 Å². The second-order valence-corrected chi connectivity index (χ2v) is 6.32. The number of methoxy groups -OCH3 is 1. The van der Waals surface area contributed by atoms with E-state index >= 15 is 0 Å². The highest BCUT2D eigenvalue weighted by molar-refractivity contribution is 5.87. The Morgan fingerprint density at radius 3 is 2.52 bits per heavy atom. The van der Waals surface area contributed by atoms with Gasteiger partial charge in [0.05, 0.1) is 18.6 Å². The number of carbonyl (C=O) groups is 1. The van der Waals surface area contributed by atoms with Crippen molar-refractivity contribution in [1.29, 1.82) is 0 Å². The Morgan fingerprint density at radius 2 is 2.00 bits per heavy atom. The molecule has 1 aliphatic carbocycles. The molecule has 4 heteroatoms. The van der Waals surface area contributed by atoms with E-state index in [9.17, 15) is 9.90 Å². The number of benzene rings is 1. The van der Waals surface area contributed by atoms with E-state index in [1.165, 1.54) is 0 Å². The van der Waals surface area contributed by atoms with Crippen molar-refractivity contribution < 1.29 is 14.6 Å². The lowest BCUT2D eigenvalue weighted by molar-refractivity contribution is -0.126. The van der Waals surface area contributed by atoms with Crippen molar-refractivity contribution in [3.8, 4) is 5.75 Å². The summed E-state index contributed by atoms with van der Waals surface area (Å²) in [4.78, 5) is 12.5. The number of aliphatic hydroxyl groups is 1. The van der Waals surface area contributed by atoms with Gasteiger partial charge < -0.3 is 15.2 Å². The highest BCUT2D eigenvalue weighted by Gasteiger charge is 2.31. The van der Waals surface area contributed by atoms with Crippen molar-refractivity contribution >= 4 is 5.91 Å². The topological polar surface area (TPSA) is 58.6 Å². The molecule has 0 saturated heterocycles. The summed E-state index contributed by atoms with van der Waals surface area (Å²) in [6.45, 7) is 4.38. The summed E-state index contributed by atoms with van der Waals surface area (Å²) in [6.07, 6.45) is 2.62. The first-order chi connectivity index (χ1) is 9.95. The monoisotopic (exact) mass is 291 g/mol. The molecule has 1 aliphatic rings. The Kier molecular flexibility index (Phi) is 4.88. The molecular weight excluding hydrogens is 266 g/mol. The molecule has 0 aromatic heterocycles. The quantitative estimate of drug-likeness (QED) is 0.875. The molecule has 1 amide bonds. The molecule has 0 radical (unpaired) electrons. The van der Waals surface area contributed by atoms with Crippen LogP contribution in [0.4, 0.5) is 0 Å². The number of hydrogen-bond acceptors (Lipinski definition) is 3. The number of amides is 1. The van der Waals surface area contributed by atoms with Crippen LogP contribution in [0.1, 0.15) is 38.7 Å². The Bertz CT molecular complexity index is 481. The first-order valence-corrected chi connectivity index (χ1v) is 7.56. The SMILES string of the molecule is COc1ccc(C(C)(C)C(=O)NCC2CCCC2O)cc1. The molecular formula is C17H25NO3. The molecule has 0 bridgehead atoms. The fourth-order valence-electron chi connectivity index (χ4n) is 2.84. The summed E-state index contributed by atoms with van der Waals surface area (Å²) in [5.74, 6) is 0.969. The number of ether oxygens (including phenoxy) is 1. The molecule has 116 valence electrons. The maximum Gasteiger partial charge on any atom is 0.230 e. The fraction of sp³-hybridized carbons (Fsp3) is 0.588. The van der Waals surface area contributed by atoms with Crippen LogP contribution in [-0.4, -0.2) is 30.8 Å². The number of aliphatic hydroxyl groups excluding tert-OH is 1. The zero-order valence-electron chi connectivity index (χ0n) is 13.1. The van der Waals surface area contributed by atoms with Crippen LogP contribution >= 0.6 is 0 Å². The zero-order chi connectivity index (χ0) is 15.5. The van der Waals surface area contributed by atoms with Crippen molar-refractivity contribution in [3.05, 3.63) is 29.8 Å². The maximum absolute atomic E-state index is 12.5. The summed E-state index contributed by atoms with van der Waals surface area (Å²) in [6, 6.07) is 7.57. The van der Waals surface area contributed by atoms with Crippen molar-refractivity contribution in [2.45, 2.75) is 44.6 Å². The molecule has 0 spiro atoms. The van der Waals surface area contributed by atoms with Gasteiger partial charge in [-0.05, 0) is 44.4 Å². The van der Waals surface area contributed by atoms with E-state index in [1.807, 2.05) is 38.1 Å². The van der Waals surface area contributed by atoms with Gasteiger partial charge in [-0.15, -0.1) is 0 Å². The Labute approximate surface area is 126 Å². The van der Waals surface area contributed by atoms with Gasteiger partial charge in [0.25, 0.3) is 0 Å². The van der Waals surface area contributed by atoms with Crippen molar-refractivity contribution in [3.63, 3.8) is 0 Å². The predicted octanol–water partition coefficient (Wildman–Crippen LogP) is 2.25. The standard InChI is InChI=1S/C17H25NO3/c1-17(2,13-7-9-14(21-3)10-8-13)16(20)18-11-12-5-4-6-15(12)19/h7-10,12,15,19H,4-6,11H2,1-3H3,(H,18,20). The third-order valence-electron chi connectivity index (χ3n) is 4.52. The molecule has 1 saturated carbocycles. The lowest BCUT2D eigenvalue weighted by Gasteiger charge is -2.26. The number of carbonyl (C=O) groups excluding carboxylic acids is 1. The lowest BCUT2D eigenvalue weighted by Crippen LogP contribution is -2.43. The van der Waals surface area contributed by atoms with Crippen LogP contribution in [0.5, 0.6) is 5.75 Å². The number of rotatable bonds is 5. The summed E-state index contributed by atoms with van der Waals surface area (Å²) in [5.41, 5.74) is 0.350. The Morgan fingerprint density at radius 1 is 1.33 bits per heavy atom. The van der Waals surface area contributed by atoms with Crippen LogP contribution in [0.3, 0.4) is 0 Å². The second kappa shape index (κ2) is 6.48. The summed E-state index contributed by atoms with van der Waals surface area (Å²) in [5, 5.41) is 12.8. The molecule has 0 aliphatic heterocycles. The van der Waals surface area contributed by atoms with Gasteiger partial charge in [-0.2, -0.15) is 0 Å². The molecule has 4 nitrogen and oxygen atoms in total. The molecule has 2 rings (SSSR count). The van der Waals surface area contributed by atoms with Gasteiger partial charge in [-0.25, -0.2) is 0 Å². The van der Waals surface area contributed by atoms with Crippen LogP contribution in [-0.2, 0) is 10.2 Å². The van der Waals surface area contributed by atoms with Crippen LogP contribution in [0.15, 0.2) is 24.3 Å². The smallest absolute Gasteiger partial charge is 0.230 e. The van der Waals surface area contributed by atoms with E-state index in [1.54, 1.807) is 7.11 Å². The Hall–Kier alpha value is -1.55.